The molecule has 0 saturated carbocycles. The van der Waals surface area contributed by atoms with Crippen molar-refractivity contribution >= 4 is 0 Å². The molecule has 2 heteroatoms. The van der Waals surface area contributed by atoms with Crippen molar-refractivity contribution in [1.82, 2.24) is 5.32 Å². The minimum absolute atomic E-state index is 0.0360. The lowest BCUT2D eigenvalue weighted by molar-refractivity contribution is -0.0326. The highest BCUT2D eigenvalue weighted by atomic mass is 16.5. The third-order valence-electron chi connectivity index (χ3n) is 3.51. The monoisotopic (exact) mass is 215 g/mol. The van der Waals surface area contributed by atoms with Gasteiger partial charge in [0.1, 0.15) is 0 Å². The summed E-state index contributed by atoms with van der Waals surface area (Å²) in [5.41, 5.74) is 0.410. The molecule has 92 valence electrons. The Morgan fingerprint density at radius 3 is 2.07 bits per heavy atom. The van der Waals surface area contributed by atoms with Gasteiger partial charge in [0, 0.05) is 13.2 Å². The van der Waals surface area contributed by atoms with Crippen LogP contribution in [0.3, 0.4) is 0 Å². The molecule has 0 aromatic rings. The second-order valence-electron chi connectivity index (χ2n) is 5.41. The second-order valence-corrected chi connectivity index (χ2v) is 5.41. The zero-order valence-corrected chi connectivity index (χ0v) is 11.4. The van der Waals surface area contributed by atoms with Gasteiger partial charge in [0.25, 0.3) is 0 Å². The molecule has 0 aliphatic heterocycles. The molecule has 0 aliphatic rings. The van der Waals surface area contributed by atoms with E-state index in [0.717, 1.165) is 26.0 Å². The van der Waals surface area contributed by atoms with Crippen molar-refractivity contribution in [3.8, 4) is 0 Å². The number of hydrogen-bond donors (Lipinski definition) is 1. The van der Waals surface area contributed by atoms with Gasteiger partial charge in [0.15, 0.2) is 0 Å². The molecule has 15 heavy (non-hydrogen) atoms. The van der Waals surface area contributed by atoms with Crippen molar-refractivity contribution in [2.24, 2.45) is 5.41 Å². The fourth-order valence-corrected chi connectivity index (χ4v) is 1.49. The Morgan fingerprint density at radius 1 is 1.07 bits per heavy atom. The van der Waals surface area contributed by atoms with Crippen molar-refractivity contribution < 1.29 is 4.74 Å². The molecule has 0 aromatic heterocycles. The number of nitrogens with one attached hydrogen (secondary N) is 1. The summed E-state index contributed by atoms with van der Waals surface area (Å²) < 4.78 is 5.89. The third kappa shape index (κ3) is 6.16. The first kappa shape index (κ1) is 14.9. The van der Waals surface area contributed by atoms with Crippen LogP contribution < -0.4 is 5.32 Å². The molecule has 0 spiro atoms. The van der Waals surface area contributed by atoms with Crippen LogP contribution in [-0.4, -0.2) is 25.8 Å². The van der Waals surface area contributed by atoms with Crippen LogP contribution >= 0.6 is 0 Å². The lowest BCUT2D eigenvalue weighted by atomic mass is 9.84. The van der Waals surface area contributed by atoms with Crippen molar-refractivity contribution in [2.45, 2.75) is 59.5 Å². The highest BCUT2D eigenvalue weighted by Gasteiger charge is 2.23. The van der Waals surface area contributed by atoms with Gasteiger partial charge in [0.05, 0.1) is 5.60 Å². The molecule has 1 N–H and O–H groups in total. The molecule has 0 aliphatic carbocycles. The SMILES string of the molecule is CCC(C)(CCOC(C)(C)CC)CNC. The first-order valence-corrected chi connectivity index (χ1v) is 6.17. The van der Waals surface area contributed by atoms with Gasteiger partial charge >= 0.3 is 0 Å². The van der Waals surface area contributed by atoms with E-state index < -0.39 is 0 Å². The zero-order valence-electron chi connectivity index (χ0n) is 11.4. The van der Waals surface area contributed by atoms with Crippen LogP contribution in [0.25, 0.3) is 0 Å². The number of ether oxygens (including phenoxy) is 1. The fraction of sp³-hybridized carbons (Fsp3) is 1.00. The molecule has 1 unspecified atom stereocenters. The van der Waals surface area contributed by atoms with Crippen LogP contribution in [0.15, 0.2) is 0 Å². The minimum Gasteiger partial charge on any atom is -0.376 e. The van der Waals surface area contributed by atoms with E-state index in [1.54, 1.807) is 0 Å². The van der Waals surface area contributed by atoms with Gasteiger partial charge < -0.3 is 10.1 Å². The van der Waals surface area contributed by atoms with Crippen molar-refractivity contribution in [2.75, 3.05) is 20.2 Å². The average Bonchev–Trinajstić information content (AvgIpc) is 2.18. The molecule has 0 radical (unpaired) electrons. The molecule has 0 heterocycles. The van der Waals surface area contributed by atoms with Crippen molar-refractivity contribution in [3.63, 3.8) is 0 Å². The molecule has 0 amide bonds. The largest absolute Gasteiger partial charge is 0.376 e. The Bertz CT molecular complexity index is 168. The number of rotatable bonds is 8. The maximum Gasteiger partial charge on any atom is 0.0623 e. The fourth-order valence-electron chi connectivity index (χ4n) is 1.49. The van der Waals surface area contributed by atoms with Gasteiger partial charge in [-0.2, -0.15) is 0 Å². The Morgan fingerprint density at radius 2 is 1.67 bits per heavy atom. The summed E-state index contributed by atoms with van der Waals surface area (Å²) in [6.45, 7) is 13.0. The van der Waals surface area contributed by atoms with E-state index in [1.807, 2.05) is 7.05 Å². The van der Waals surface area contributed by atoms with Crippen molar-refractivity contribution in [3.05, 3.63) is 0 Å². The lowest BCUT2D eigenvalue weighted by Crippen LogP contribution is -2.32. The Labute approximate surface area is 95.8 Å². The van der Waals surface area contributed by atoms with E-state index in [9.17, 15) is 0 Å². The smallest absolute Gasteiger partial charge is 0.0623 e. The predicted molar refractivity (Wildman–Crippen MR) is 67.3 cm³/mol. The normalized spacial score (nSPS) is 16.4. The topological polar surface area (TPSA) is 21.3 Å². The van der Waals surface area contributed by atoms with Crippen LogP contribution in [0.2, 0.25) is 0 Å². The van der Waals surface area contributed by atoms with Crippen LogP contribution in [-0.2, 0) is 4.74 Å². The summed E-state index contributed by atoms with van der Waals surface area (Å²) >= 11 is 0. The quantitative estimate of drug-likeness (QED) is 0.671. The van der Waals surface area contributed by atoms with E-state index in [4.69, 9.17) is 4.74 Å². The molecule has 2 nitrogen and oxygen atoms in total. The lowest BCUT2D eigenvalue weighted by Gasteiger charge is -2.30. The third-order valence-corrected chi connectivity index (χ3v) is 3.51. The molecule has 0 bridgehead atoms. The standard InChI is InChI=1S/C13H29NO/c1-7-12(3,4)15-10-9-13(5,8-2)11-14-6/h14H,7-11H2,1-6H3. The molecule has 1 atom stereocenters. The van der Waals surface area contributed by atoms with E-state index in [0.29, 0.717) is 5.41 Å². The molecular weight excluding hydrogens is 186 g/mol. The minimum atomic E-state index is 0.0360. The van der Waals surface area contributed by atoms with E-state index >= 15 is 0 Å². The van der Waals surface area contributed by atoms with Crippen LogP contribution in [0.5, 0.6) is 0 Å². The van der Waals surface area contributed by atoms with Gasteiger partial charge in [-0.15, -0.1) is 0 Å². The van der Waals surface area contributed by atoms with Gasteiger partial charge in [-0.25, -0.2) is 0 Å². The van der Waals surface area contributed by atoms with E-state index in [2.05, 4.69) is 39.9 Å². The van der Waals surface area contributed by atoms with Crippen LogP contribution in [0.1, 0.15) is 53.9 Å². The summed E-state index contributed by atoms with van der Waals surface area (Å²) in [6, 6.07) is 0. The Kier molecular flexibility index (Phi) is 6.46. The average molecular weight is 215 g/mol. The predicted octanol–water partition coefficient (Wildman–Crippen LogP) is 3.22. The summed E-state index contributed by atoms with van der Waals surface area (Å²) in [4.78, 5) is 0. The van der Waals surface area contributed by atoms with Gasteiger partial charge in [-0.05, 0) is 45.6 Å². The molecular formula is C13H29NO. The maximum atomic E-state index is 5.89. The van der Waals surface area contributed by atoms with Gasteiger partial charge in [0.2, 0.25) is 0 Å². The Hall–Kier alpha value is -0.0800. The van der Waals surface area contributed by atoms with E-state index in [-0.39, 0.29) is 5.60 Å². The Balaban J connectivity index is 3.91. The highest BCUT2D eigenvalue weighted by molar-refractivity contribution is 4.75. The maximum absolute atomic E-state index is 5.89. The first-order valence-electron chi connectivity index (χ1n) is 6.17. The molecule has 0 aromatic carbocycles. The second kappa shape index (κ2) is 6.49. The van der Waals surface area contributed by atoms with Gasteiger partial charge in [-0.3, -0.25) is 0 Å². The first-order chi connectivity index (χ1) is 6.89. The molecule has 0 rings (SSSR count). The number of hydrogen-bond acceptors (Lipinski definition) is 2. The summed E-state index contributed by atoms with van der Waals surface area (Å²) in [5.74, 6) is 0. The summed E-state index contributed by atoms with van der Waals surface area (Å²) in [5, 5.41) is 3.27. The van der Waals surface area contributed by atoms with Crippen molar-refractivity contribution in [1.29, 1.82) is 0 Å². The van der Waals surface area contributed by atoms with Crippen LogP contribution in [0.4, 0.5) is 0 Å². The molecule has 0 saturated heterocycles. The molecule has 0 fully saturated rings. The summed E-state index contributed by atoms with van der Waals surface area (Å²) in [7, 11) is 2.02. The zero-order chi connectivity index (χ0) is 11.9. The van der Waals surface area contributed by atoms with E-state index in [1.165, 1.54) is 6.42 Å². The summed E-state index contributed by atoms with van der Waals surface area (Å²) in [6.07, 6.45) is 3.40. The van der Waals surface area contributed by atoms with Gasteiger partial charge in [-0.1, -0.05) is 20.8 Å². The van der Waals surface area contributed by atoms with Crippen LogP contribution in [0, 0.1) is 5.41 Å². The highest BCUT2D eigenvalue weighted by Crippen LogP contribution is 2.26.